The van der Waals surface area contributed by atoms with Crippen LogP contribution in [0, 0.1) is 5.92 Å². The zero-order chi connectivity index (χ0) is 20.4. The predicted molar refractivity (Wildman–Crippen MR) is 102 cm³/mol. The summed E-state index contributed by atoms with van der Waals surface area (Å²) in [5.74, 6) is -2.48. The predicted octanol–water partition coefficient (Wildman–Crippen LogP) is 2.71. The number of piperidine rings is 1. The number of carbonyl (C=O) groups excluding carboxylic acids is 2. The molecule has 29 heavy (non-hydrogen) atoms. The Hall–Kier alpha value is -3.17. The first kappa shape index (κ1) is 19.2. The number of halogens is 2. The van der Waals surface area contributed by atoms with Crippen molar-refractivity contribution < 1.29 is 18.4 Å². The second kappa shape index (κ2) is 7.69. The number of rotatable bonds is 5. The van der Waals surface area contributed by atoms with Gasteiger partial charge in [0.05, 0.1) is 6.20 Å². The third-order valence-corrected chi connectivity index (χ3v) is 4.96. The highest BCUT2D eigenvalue weighted by Gasteiger charge is 2.35. The van der Waals surface area contributed by atoms with Crippen LogP contribution < -0.4 is 15.5 Å². The summed E-state index contributed by atoms with van der Waals surface area (Å²) < 4.78 is 26.9. The molecule has 1 saturated heterocycles. The zero-order valence-electron chi connectivity index (χ0n) is 15.6. The van der Waals surface area contributed by atoms with Crippen molar-refractivity contribution >= 4 is 29.1 Å². The lowest BCUT2D eigenvalue weighted by molar-refractivity contribution is -0.117. The van der Waals surface area contributed by atoms with Gasteiger partial charge >= 0.3 is 0 Å². The minimum absolute atomic E-state index is 0.0234. The molecule has 2 amide bonds. The van der Waals surface area contributed by atoms with Crippen LogP contribution in [-0.4, -0.2) is 45.8 Å². The molecule has 0 aromatic carbocycles. The number of amides is 2. The Balaban J connectivity index is 1.47. The Bertz CT molecular complexity index is 924. The third kappa shape index (κ3) is 4.64. The summed E-state index contributed by atoms with van der Waals surface area (Å²) in [6.07, 6.45) is 5.39. The van der Waals surface area contributed by atoms with Crippen molar-refractivity contribution in [3.05, 3.63) is 36.4 Å². The fraction of sp³-hybridized carbons (Fsp3) is 0.421. The smallest absolute Gasteiger partial charge is 0.255 e. The van der Waals surface area contributed by atoms with Crippen LogP contribution in [-0.2, 0) is 4.79 Å². The lowest BCUT2D eigenvalue weighted by Gasteiger charge is -2.33. The number of alkyl halides is 2. The summed E-state index contributed by atoms with van der Waals surface area (Å²) in [5.41, 5.74) is 0.633. The molecule has 2 aliphatic rings. The molecule has 2 fully saturated rings. The van der Waals surface area contributed by atoms with Gasteiger partial charge in [-0.05, 0) is 25.0 Å². The first-order valence-electron chi connectivity index (χ1n) is 9.42. The lowest BCUT2D eigenvalue weighted by atomic mass is 10.1. The van der Waals surface area contributed by atoms with Gasteiger partial charge in [0.25, 0.3) is 11.8 Å². The van der Waals surface area contributed by atoms with E-state index in [0.717, 1.165) is 12.8 Å². The summed E-state index contributed by atoms with van der Waals surface area (Å²) in [4.78, 5) is 38.4. The first-order chi connectivity index (χ1) is 13.9. The maximum Gasteiger partial charge on any atom is 0.255 e. The number of nitrogens with one attached hydrogen (secondary N) is 2. The molecule has 0 bridgehead atoms. The van der Waals surface area contributed by atoms with Gasteiger partial charge in [-0.2, -0.15) is 0 Å². The van der Waals surface area contributed by atoms with E-state index in [2.05, 4.69) is 25.6 Å². The van der Waals surface area contributed by atoms with Gasteiger partial charge in [-0.1, -0.05) is 0 Å². The summed E-state index contributed by atoms with van der Waals surface area (Å²) in [6.45, 7) is 0.277. The number of hydrogen-bond acceptors (Lipinski definition) is 6. The van der Waals surface area contributed by atoms with E-state index in [9.17, 15) is 18.4 Å². The van der Waals surface area contributed by atoms with Gasteiger partial charge in [-0.15, -0.1) is 0 Å². The maximum absolute atomic E-state index is 13.4. The topological polar surface area (TPSA) is 100 Å². The Labute approximate surface area is 165 Å². The van der Waals surface area contributed by atoms with Crippen molar-refractivity contribution in [2.24, 2.45) is 5.92 Å². The molecule has 2 aromatic rings. The molecule has 8 nitrogen and oxygen atoms in total. The Kier molecular flexibility index (Phi) is 5.08. The molecule has 0 atom stereocenters. The molecule has 0 radical (unpaired) electrons. The summed E-state index contributed by atoms with van der Waals surface area (Å²) >= 11 is 0. The number of aromatic nitrogens is 3. The van der Waals surface area contributed by atoms with Gasteiger partial charge in [0.1, 0.15) is 17.8 Å². The molecule has 1 saturated carbocycles. The largest absolute Gasteiger partial charge is 0.354 e. The highest BCUT2D eigenvalue weighted by atomic mass is 19.3. The average Bonchev–Trinajstić information content (AvgIpc) is 3.54. The molecule has 4 rings (SSSR count). The van der Waals surface area contributed by atoms with Crippen molar-refractivity contribution in [1.82, 2.24) is 15.0 Å². The standard InChI is InChI=1S/C19H20F2N6O2/c20-19(21)4-7-27(8-5-19)16-14(10-22-11-24-16)25-18(29)13-3-6-23-15(9-13)26-17(28)12-1-2-12/h3,6,9-12H,1-2,4-5,7-8H2,(H,25,29)(H,23,26,28). The van der Waals surface area contributed by atoms with Crippen LogP contribution in [0.15, 0.2) is 30.9 Å². The minimum atomic E-state index is -2.68. The normalized spacial score (nSPS) is 18.2. The van der Waals surface area contributed by atoms with Crippen LogP contribution in [0.25, 0.3) is 0 Å². The van der Waals surface area contributed by atoms with Crippen molar-refractivity contribution in [3.8, 4) is 0 Å². The highest BCUT2D eigenvalue weighted by molar-refractivity contribution is 6.06. The lowest BCUT2D eigenvalue weighted by Crippen LogP contribution is -2.40. The molecule has 2 aromatic heterocycles. The van der Waals surface area contributed by atoms with Crippen LogP contribution in [0.2, 0.25) is 0 Å². The fourth-order valence-electron chi connectivity index (χ4n) is 3.12. The number of pyridine rings is 1. The molecule has 2 N–H and O–H groups in total. The van der Waals surface area contributed by atoms with Crippen LogP contribution in [0.1, 0.15) is 36.0 Å². The summed E-state index contributed by atoms with van der Waals surface area (Å²) in [7, 11) is 0. The average molecular weight is 402 g/mol. The van der Waals surface area contributed by atoms with Gasteiger partial charge in [-0.3, -0.25) is 9.59 Å². The molecule has 3 heterocycles. The monoisotopic (exact) mass is 402 g/mol. The quantitative estimate of drug-likeness (QED) is 0.798. The van der Waals surface area contributed by atoms with E-state index >= 15 is 0 Å². The van der Waals surface area contributed by atoms with Gasteiger partial charge < -0.3 is 15.5 Å². The Morgan fingerprint density at radius 2 is 1.90 bits per heavy atom. The molecular formula is C19H20F2N6O2. The minimum Gasteiger partial charge on any atom is -0.354 e. The second-order valence-electron chi connectivity index (χ2n) is 7.25. The highest BCUT2D eigenvalue weighted by Crippen LogP contribution is 2.32. The molecular weight excluding hydrogens is 382 g/mol. The van der Waals surface area contributed by atoms with E-state index in [0.29, 0.717) is 22.9 Å². The van der Waals surface area contributed by atoms with Crippen LogP contribution in [0.4, 0.5) is 26.1 Å². The second-order valence-corrected chi connectivity index (χ2v) is 7.25. The van der Waals surface area contributed by atoms with Crippen molar-refractivity contribution in [2.75, 3.05) is 28.6 Å². The van der Waals surface area contributed by atoms with E-state index in [4.69, 9.17) is 0 Å². The van der Waals surface area contributed by atoms with Gasteiger partial charge in [0.2, 0.25) is 5.91 Å². The Morgan fingerprint density at radius 3 is 2.62 bits per heavy atom. The number of nitrogens with zero attached hydrogens (tertiary/aromatic N) is 4. The molecule has 1 aliphatic carbocycles. The number of carbonyl (C=O) groups is 2. The maximum atomic E-state index is 13.4. The summed E-state index contributed by atoms with van der Waals surface area (Å²) in [5, 5.41) is 5.43. The van der Waals surface area contributed by atoms with Gasteiger partial charge in [0.15, 0.2) is 5.82 Å². The fourth-order valence-corrected chi connectivity index (χ4v) is 3.12. The zero-order valence-corrected chi connectivity index (χ0v) is 15.6. The Morgan fingerprint density at radius 1 is 1.14 bits per heavy atom. The van der Waals surface area contributed by atoms with Crippen molar-refractivity contribution in [3.63, 3.8) is 0 Å². The third-order valence-electron chi connectivity index (χ3n) is 4.96. The molecule has 1 aliphatic heterocycles. The van der Waals surface area contributed by atoms with E-state index in [1.54, 1.807) is 4.90 Å². The first-order valence-corrected chi connectivity index (χ1v) is 9.42. The van der Waals surface area contributed by atoms with Gasteiger partial charge in [0, 0.05) is 43.6 Å². The van der Waals surface area contributed by atoms with E-state index in [1.807, 2.05) is 0 Å². The van der Waals surface area contributed by atoms with E-state index in [1.165, 1.54) is 30.9 Å². The van der Waals surface area contributed by atoms with Crippen LogP contribution in [0.3, 0.4) is 0 Å². The van der Waals surface area contributed by atoms with Crippen molar-refractivity contribution in [2.45, 2.75) is 31.6 Å². The van der Waals surface area contributed by atoms with Gasteiger partial charge in [-0.25, -0.2) is 23.7 Å². The molecule has 10 heteroatoms. The van der Waals surface area contributed by atoms with E-state index < -0.39 is 11.8 Å². The van der Waals surface area contributed by atoms with E-state index in [-0.39, 0.29) is 37.8 Å². The molecule has 152 valence electrons. The van der Waals surface area contributed by atoms with Crippen LogP contribution >= 0.6 is 0 Å². The number of anilines is 3. The number of hydrogen-bond donors (Lipinski definition) is 2. The molecule has 0 unspecified atom stereocenters. The molecule has 0 spiro atoms. The van der Waals surface area contributed by atoms with Crippen LogP contribution in [0.5, 0.6) is 0 Å². The summed E-state index contributed by atoms with van der Waals surface area (Å²) in [6, 6.07) is 3.01. The SMILES string of the molecule is O=C(Nc1cncnc1N1CCC(F)(F)CC1)c1ccnc(NC(=O)C2CC2)c1. The van der Waals surface area contributed by atoms with Crippen molar-refractivity contribution in [1.29, 1.82) is 0 Å².